The summed E-state index contributed by atoms with van der Waals surface area (Å²) >= 11 is 4.61. The van der Waals surface area contributed by atoms with Gasteiger partial charge in [-0.05, 0) is 28.9 Å². The minimum absolute atomic E-state index is 0.168. The molecule has 2 heterocycles. The van der Waals surface area contributed by atoms with Crippen molar-refractivity contribution in [2.75, 3.05) is 4.72 Å². The standard InChI is InChI=1S/C8H7BrN2O3S2/c1-5-6(4-7(9)15-5)16(12,13)11-8-2-3-14-10-8/h2-4H,1H3,(H,10,11). The molecule has 5 nitrogen and oxygen atoms in total. The lowest BCUT2D eigenvalue weighted by atomic mass is 10.5. The van der Waals surface area contributed by atoms with Crippen LogP contribution in [0.15, 0.2) is 31.6 Å². The molecule has 0 saturated carbocycles. The summed E-state index contributed by atoms with van der Waals surface area (Å²) in [6, 6.07) is 3.00. The molecule has 2 rings (SSSR count). The molecule has 0 bridgehead atoms. The van der Waals surface area contributed by atoms with Crippen LogP contribution in [0.4, 0.5) is 5.82 Å². The van der Waals surface area contributed by atoms with Crippen molar-refractivity contribution < 1.29 is 12.9 Å². The predicted molar refractivity (Wildman–Crippen MR) is 64.1 cm³/mol. The largest absolute Gasteiger partial charge is 0.363 e. The Morgan fingerprint density at radius 3 is 2.81 bits per heavy atom. The minimum atomic E-state index is -3.59. The zero-order valence-corrected chi connectivity index (χ0v) is 11.3. The molecule has 0 unspecified atom stereocenters. The molecule has 86 valence electrons. The summed E-state index contributed by atoms with van der Waals surface area (Å²) in [5, 5.41) is 3.49. The first-order valence-electron chi connectivity index (χ1n) is 4.18. The van der Waals surface area contributed by atoms with Crippen LogP contribution in [0.25, 0.3) is 0 Å². The third-order valence-electron chi connectivity index (χ3n) is 1.81. The first-order chi connectivity index (χ1) is 7.49. The average Bonchev–Trinajstić information content (AvgIpc) is 2.75. The number of aromatic nitrogens is 1. The number of nitrogens with one attached hydrogen (secondary N) is 1. The Labute approximate surface area is 105 Å². The number of thiophene rings is 1. The maximum absolute atomic E-state index is 11.9. The SMILES string of the molecule is Cc1sc(Br)cc1S(=O)(=O)Nc1ccon1. The smallest absolute Gasteiger partial charge is 0.264 e. The lowest BCUT2D eigenvalue weighted by Crippen LogP contribution is -2.13. The van der Waals surface area contributed by atoms with Crippen molar-refractivity contribution in [1.82, 2.24) is 5.16 Å². The first kappa shape index (κ1) is 11.6. The molecule has 0 spiro atoms. The predicted octanol–water partition coefficient (Wildman–Crippen LogP) is 2.61. The Morgan fingerprint density at radius 2 is 2.31 bits per heavy atom. The topological polar surface area (TPSA) is 72.2 Å². The van der Waals surface area contributed by atoms with Gasteiger partial charge in [0.2, 0.25) is 0 Å². The second kappa shape index (κ2) is 4.19. The van der Waals surface area contributed by atoms with Gasteiger partial charge in [0.25, 0.3) is 10.0 Å². The van der Waals surface area contributed by atoms with Crippen LogP contribution in [0.2, 0.25) is 0 Å². The van der Waals surface area contributed by atoms with E-state index in [0.717, 1.165) is 3.79 Å². The van der Waals surface area contributed by atoms with Crippen LogP contribution in [0.5, 0.6) is 0 Å². The average molecular weight is 323 g/mol. The van der Waals surface area contributed by atoms with E-state index in [-0.39, 0.29) is 10.7 Å². The maximum atomic E-state index is 11.9. The van der Waals surface area contributed by atoms with Gasteiger partial charge >= 0.3 is 0 Å². The highest BCUT2D eigenvalue weighted by atomic mass is 79.9. The summed E-state index contributed by atoms with van der Waals surface area (Å²) in [6.07, 6.45) is 1.30. The van der Waals surface area contributed by atoms with Crippen LogP contribution < -0.4 is 4.72 Å². The van der Waals surface area contributed by atoms with Gasteiger partial charge in [0, 0.05) is 10.9 Å². The molecule has 2 aromatic rings. The Morgan fingerprint density at radius 1 is 1.56 bits per heavy atom. The summed E-state index contributed by atoms with van der Waals surface area (Å²) < 4.78 is 31.5. The normalized spacial score (nSPS) is 11.6. The second-order valence-electron chi connectivity index (χ2n) is 2.96. The second-order valence-corrected chi connectivity index (χ2v) is 7.25. The van der Waals surface area contributed by atoms with Crippen LogP contribution in [0, 0.1) is 6.92 Å². The maximum Gasteiger partial charge on any atom is 0.264 e. The van der Waals surface area contributed by atoms with E-state index in [4.69, 9.17) is 0 Å². The van der Waals surface area contributed by atoms with E-state index < -0.39 is 10.0 Å². The lowest BCUT2D eigenvalue weighted by Gasteiger charge is -2.03. The molecular formula is C8H7BrN2O3S2. The van der Waals surface area contributed by atoms with E-state index in [2.05, 4.69) is 30.3 Å². The molecule has 16 heavy (non-hydrogen) atoms. The molecule has 0 aliphatic rings. The number of aryl methyl sites for hydroxylation is 1. The van der Waals surface area contributed by atoms with Crippen molar-refractivity contribution in [1.29, 1.82) is 0 Å². The zero-order valence-electron chi connectivity index (χ0n) is 8.10. The van der Waals surface area contributed by atoms with E-state index in [9.17, 15) is 8.42 Å². The van der Waals surface area contributed by atoms with Crippen LogP contribution in [-0.2, 0) is 10.0 Å². The van der Waals surface area contributed by atoms with Crippen LogP contribution >= 0.6 is 27.3 Å². The van der Waals surface area contributed by atoms with Crippen molar-refractivity contribution in [3.63, 3.8) is 0 Å². The molecule has 0 radical (unpaired) electrons. The first-order valence-corrected chi connectivity index (χ1v) is 7.27. The minimum Gasteiger partial charge on any atom is -0.363 e. The van der Waals surface area contributed by atoms with E-state index in [1.54, 1.807) is 13.0 Å². The van der Waals surface area contributed by atoms with Gasteiger partial charge in [0.15, 0.2) is 5.82 Å². The summed E-state index contributed by atoms with van der Waals surface area (Å²) in [7, 11) is -3.59. The number of hydrogen-bond donors (Lipinski definition) is 1. The summed E-state index contributed by atoms with van der Waals surface area (Å²) in [6.45, 7) is 1.74. The van der Waals surface area contributed by atoms with E-state index in [1.807, 2.05) is 0 Å². The van der Waals surface area contributed by atoms with Gasteiger partial charge in [-0.2, -0.15) is 0 Å². The molecule has 0 atom stereocenters. The number of nitrogens with zero attached hydrogens (tertiary/aromatic N) is 1. The van der Waals surface area contributed by atoms with Gasteiger partial charge in [-0.1, -0.05) is 5.16 Å². The quantitative estimate of drug-likeness (QED) is 0.942. The van der Waals surface area contributed by atoms with Crippen LogP contribution in [0.1, 0.15) is 4.88 Å². The van der Waals surface area contributed by atoms with Crippen LogP contribution in [0.3, 0.4) is 0 Å². The summed E-state index contributed by atoms with van der Waals surface area (Å²) in [5.74, 6) is 0.168. The summed E-state index contributed by atoms with van der Waals surface area (Å²) in [4.78, 5) is 0.954. The van der Waals surface area contributed by atoms with E-state index in [0.29, 0.717) is 4.88 Å². The monoisotopic (exact) mass is 322 g/mol. The van der Waals surface area contributed by atoms with Gasteiger partial charge in [-0.3, -0.25) is 4.72 Å². The number of rotatable bonds is 3. The Kier molecular flexibility index (Phi) is 3.04. The molecular weight excluding hydrogens is 316 g/mol. The molecule has 0 aliphatic heterocycles. The fourth-order valence-corrected chi connectivity index (χ4v) is 4.56. The Bertz CT molecular complexity index is 589. The van der Waals surface area contributed by atoms with Crippen molar-refractivity contribution in [3.8, 4) is 0 Å². The third kappa shape index (κ3) is 2.28. The molecule has 8 heteroatoms. The van der Waals surface area contributed by atoms with Crippen molar-refractivity contribution >= 4 is 43.1 Å². The van der Waals surface area contributed by atoms with Gasteiger partial charge in [-0.25, -0.2) is 8.42 Å². The molecule has 2 aromatic heterocycles. The van der Waals surface area contributed by atoms with E-state index in [1.165, 1.54) is 23.7 Å². The number of halogens is 1. The number of anilines is 1. The zero-order chi connectivity index (χ0) is 11.8. The van der Waals surface area contributed by atoms with Crippen molar-refractivity contribution in [2.45, 2.75) is 11.8 Å². The van der Waals surface area contributed by atoms with Gasteiger partial charge < -0.3 is 4.52 Å². The van der Waals surface area contributed by atoms with Crippen molar-refractivity contribution in [2.24, 2.45) is 0 Å². The van der Waals surface area contributed by atoms with E-state index >= 15 is 0 Å². The van der Waals surface area contributed by atoms with Crippen molar-refractivity contribution in [3.05, 3.63) is 27.1 Å². The lowest BCUT2D eigenvalue weighted by molar-refractivity contribution is 0.423. The van der Waals surface area contributed by atoms with Gasteiger partial charge in [0.1, 0.15) is 11.2 Å². The molecule has 1 N–H and O–H groups in total. The highest BCUT2D eigenvalue weighted by Crippen LogP contribution is 2.30. The Hall–Kier alpha value is -0.860. The van der Waals surface area contributed by atoms with Gasteiger partial charge in [-0.15, -0.1) is 11.3 Å². The molecule has 0 fully saturated rings. The molecule has 0 aliphatic carbocycles. The fourth-order valence-electron chi connectivity index (χ4n) is 1.16. The highest BCUT2D eigenvalue weighted by molar-refractivity contribution is 9.11. The molecule has 0 amide bonds. The third-order valence-corrected chi connectivity index (χ3v) is 4.97. The highest BCUT2D eigenvalue weighted by Gasteiger charge is 2.20. The van der Waals surface area contributed by atoms with Crippen LogP contribution in [-0.4, -0.2) is 13.6 Å². The molecule has 0 aromatic carbocycles. The number of sulfonamides is 1. The molecule has 0 saturated heterocycles. The fraction of sp³-hybridized carbons (Fsp3) is 0.125. The summed E-state index contributed by atoms with van der Waals surface area (Å²) in [5.41, 5.74) is 0. The Balaban J connectivity index is 2.36. The van der Waals surface area contributed by atoms with Gasteiger partial charge in [0.05, 0.1) is 3.79 Å². The number of hydrogen-bond acceptors (Lipinski definition) is 5.